The van der Waals surface area contributed by atoms with Crippen molar-refractivity contribution in [2.75, 3.05) is 31.6 Å². The summed E-state index contributed by atoms with van der Waals surface area (Å²) in [6.07, 6.45) is 1.96. The first kappa shape index (κ1) is 21.4. The van der Waals surface area contributed by atoms with Gasteiger partial charge in [0.1, 0.15) is 6.61 Å². The highest BCUT2D eigenvalue weighted by molar-refractivity contribution is 5.92. The van der Waals surface area contributed by atoms with Gasteiger partial charge in [0, 0.05) is 24.6 Å². The van der Waals surface area contributed by atoms with Crippen molar-refractivity contribution in [1.82, 2.24) is 14.5 Å². The summed E-state index contributed by atoms with van der Waals surface area (Å²) in [6, 6.07) is 4.33. The lowest BCUT2D eigenvalue weighted by Crippen LogP contribution is -2.34. The van der Waals surface area contributed by atoms with E-state index in [1.165, 1.54) is 30.8 Å². The van der Waals surface area contributed by atoms with Crippen LogP contribution in [0.1, 0.15) is 43.4 Å². The molecule has 0 radical (unpaired) electrons. The number of ether oxygens (including phenoxy) is 1. The Morgan fingerprint density at radius 3 is 2.71 bits per heavy atom. The smallest absolute Gasteiger partial charge is 0.416 e. The van der Waals surface area contributed by atoms with E-state index in [0.717, 1.165) is 32.0 Å². The van der Waals surface area contributed by atoms with E-state index in [9.17, 15) is 18.0 Å². The molecule has 1 aromatic heterocycles. The number of allylic oxidation sites excluding steroid dienone is 1. The van der Waals surface area contributed by atoms with E-state index in [1.807, 2.05) is 0 Å². The molecule has 0 spiro atoms. The van der Waals surface area contributed by atoms with E-state index < -0.39 is 23.8 Å². The molecule has 2 aromatic rings. The van der Waals surface area contributed by atoms with Gasteiger partial charge in [-0.25, -0.2) is 9.78 Å². The second kappa shape index (κ2) is 8.74. The summed E-state index contributed by atoms with van der Waals surface area (Å²) < 4.78 is 48.4. The van der Waals surface area contributed by atoms with Crippen molar-refractivity contribution in [3.05, 3.63) is 59.1 Å². The number of alkyl halides is 3. The minimum atomic E-state index is -4.56. The second-order valence-electron chi connectivity index (χ2n) is 7.85. The van der Waals surface area contributed by atoms with Crippen LogP contribution in [-0.4, -0.2) is 46.7 Å². The molecule has 4 rings (SSSR count). The molecule has 6 nitrogen and oxygen atoms in total. The molecule has 2 aliphatic rings. The summed E-state index contributed by atoms with van der Waals surface area (Å²) in [7, 11) is 0. The highest BCUT2D eigenvalue weighted by Crippen LogP contribution is 2.42. The van der Waals surface area contributed by atoms with Gasteiger partial charge in [0.15, 0.2) is 0 Å². The predicted molar refractivity (Wildman–Crippen MR) is 109 cm³/mol. The van der Waals surface area contributed by atoms with Crippen LogP contribution in [0.15, 0.2) is 47.9 Å². The minimum absolute atomic E-state index is 0.0157. The Hall–Kier alpha value is -2.81. The third-order valence-corrected chi connectivity index (χ3v) is 5.79. The number of rotatable bonds is 5. The van der Waals surface area contributed by atoms with Gasteiger partial charge in [-0.1, -0.05) is 24.6 Å². The van der Waals surface area contributed by atoms with Crippen molar-refractivity contribution in [3.63, 3.8) is 0 Å². The molecule has 0 aliphatic carbocycles. The number of esters is 1. The molecule has 166 valence electrons. The van der Waals surface area contributed by atoms with Gasteiger partial charge in [-0.15, -0.1) is 0 Å². The number of hydrogen-bond donors (Lipinski definition) is 1. The number of carbonyl (C=O) groups is 1. The number of carbonyl (C=O) groups excluding carboxylic acids is 1. The summed E-state index contributed by atoms with van der Waals surface area (Å²) >= 11 is 0. The van der Waals surface area contributed by atoms with Crippen LogP contribution >= 0.6 is 0 Å². The van der Waals surface area contributed by atoms with E-state index in [4.69, 9.17) is 4.74 Å². The SMILES string of the molecule is CC1=C(C(=O)OCCN2CCCCC2)C(c2ccccc2C(F)(F)F)n2ccnc2N1. The lowest BCUT2D eigenvalue weighted by molar-refractivity contribution is -0.141. The average Bonchev–Trinajstić information content (AvgIpc) is 3.21. The van der Waals surface area contributed by atoms with E-state index in [2.05, 4.69) is 15.2 Å². The van der Waals surface area contributed by atoms with Crippen LogP contribution in [0.5, 0.6) is 0 Å². The van der Waals surface area contributed by atoms with E-state index in [1.54, 1.807) is 17.7 Å². The van der Waals surface area contributed by atoms with Crippen molar-refractivity contribution in [2.24, 2.45) is 0 Å². The highest BCUT2D eigenvalue weighted by atomic mass is 19.4. The summed E-state index contributed by atoms with van der Waals surface area (Å²) in [4.78, 5) is 19.5. The van der Waals surface area contributed by atoms with Crippen molar-refractivity contribution in [3.8, 4) is 0 Å². The van der Waals surface area contributed by atoms with Gasteiger partial charge in [-0.2, -0.15) is 13.2 Å². The van der Waals surface area contributed by atoms with Crippen LogP contribution in [-0.2, 0) is 15.7 Å². The molecule has 1 aromatic carbocycles. The van der Waals surface area contributed by atoms with E-state index in [0.29, 0.717) is 18.2 Å². The standard InChI is InChI=1S/C22H25F3N4O2/c1-15-18(20(30)31-14-13-28-10-5-2-6-11-28)19(29-12-9-26-21(29)27-15)16-7-3-4-8-17(16)22(23,24)25/h3-4,7-9,12,19H,2,5-6,10-11,13-14H2,1H3,(H,26,27). The zero-order valence-electron chi connectivity index (χ0n) is 17.3. The molecule has 31 heavy (non-hydrogen) atoms. The maximum Gasteiger partial charge on any atom is 0.416 e. The van der Waals surface area contributed by atoms with E-state index in [-0.39, 0.29) is 17.7 Å². The number of nitrogens with zero attached hydrogens (tertiary/aromatic N) is 3. The third-order valence-electron chi connectivity index (χ3n) is 5.79. The monoisotopic (exact) mass is 434 g/mol. The minimum Gasteiger partial charge on any atom is -0.461 e. The molecule has 2 aliphatic heterocycles. The van der Waals surface area contributed by atoms with Crippen molar-refractivity contribution in [2.45, 2.75) is 38.4 Å². The molecule has 0 saturated carbocycles. The first-order valence-electron chi connectivity index (χ1n) is 10.4. The Bertz CT molecular complexity index is 977. The lowest BCUT2D eigenvalue weighted by atomic mass is 9.91. The first-order chi connectivity index (χ1) is 14.9. The molecule has 0 bridgehead atoms. The van der Waals surface area contributed by atoms with Crippen LogP contribution in [0, 0.1) is 0 Å². The zero-order chi connectivity index (χ0) is 22.0. The highest BCUT2D eigenvalue weighted by Gasteiger charge is 2.40. The normalized spacial score (nSPS) is 19.7. The maximum absolute atomic E-state index is 13.8. The summed E-state index contributed by atoms with van der Waals surface area (Å²) in [5.41, 5.74) is -0.212. The number of halogens is 3. The predicted octanol–water partition coefficient (Wildman–Crippen LogP) is 4.22. The molecule has 0 amide bonds. The number of imidazole rings is 1. The molecular weight excluding hydrogens is 409 g/mol. The largest absolute Gasteiger partial charge is 0.461 e. The number of hydrogen-bond acceptors (Lipinski definition) is 5. The number of fused-ring (bicyclic) bond motifs is 1. The quantitative estimate of drug-likeness (QED) is 0.714. The Balaban J connectivity index is 1.63. The Morgan fingerprint density at radius 1 is 1.23 bits per heavy atom. The number of likely N-dealkylation sites (tertiary alicyclic amines) is 1. The number of benzene rings is 1. The zero-order valence-corrected chi connectivity index (χ0v) is 17.3. The Morgan fingerprint density at radius 2 is 1.97 bits per heavy atom. The van der Waals surface area contributed by atoms with Crippen LogP contribution in [0.2, 0.25) is 0 Å². The van der Waals surface area contributed by atoms with Gasteiger partial charge < -0.3 is 14.6 Å². The Kier molecular flexibility index (Phi) is 6.04. The molecule has 1 fully saturated rings. The van der Waals surface area contributed by atoms with Gasteiger partial charge in [-0.05, 0) is 44.5 Å². The number of anilines is 1. The molecule has 1 N–H and O–H groups in total. The van der Waals surface area contributed by atoms with Crippen molar-refractivity contribution in [1.29, 1.82) is 0 Å². The van der Waals surface area contributed by atoms with Gasteiger partial charge >= 0.3 is 12.1 Å². The van der Waals surface area contributed by atoms with Crippen molar-refractivity contribution < 1.29 is 22.7 Å². The molecule has 9 heteroatoms. The van der Waals surface area contributed by atoms with E-state index >= 15 is 0 Å². The van der Waals surface area contributed by atoms with Crippen LogP contribution in [0.25, 0.3) is 0 Å². The van der Waals surface area contributed by atoms with Crippen LogP contribution < -0.4 is 5.32 Å². The summed E-state index contributed by atoms with van der Waals surface area (Å²) in [5.74, 6) is -0.243. The lowest BCUT2D eigenvalue weighted by Gasteiger charge is -2.31. The fraction of sp³-hybridized carbons (Fsp3) is 0.455. The number of nitrogens with one attached hydrogen (secondary N) is 1. The molecule has 3 heterocycles. The molecular formula is C22H25F3N4O2. The number of piperidine rings is 1. The fourth-order valence-electron chi connectivity index (χ4n) is 4.29. The average molecular weight is 434 g/mol. The third kappa shape index (κ3) is 4.46. The van der Waals surface area contributed by atoms with Crippen LogP contribution in [0.3, 0.4) is 0 Å². The first-order valence-corrected chi connectivity index (χ1v) is 10.4. The van der Waals surface area contributed by atoms with Gasteiger partial charge in [0.05, 0.1) is 17.2 Å². The van der Waals surface area contributed by atoms with Crippen LogP contribution in [0.4, 0.5) is 19.1 Å². The summed E-state index contributed by atoms with van der Waals surface area (Å²) in [6.45, 7) is 4.41. The Labute approximate surface area is 178 Å². The van der Waals surface area contributed by atoms with Gasteiger partial charge in [0.25, 0.3) is 0 Å². The summed E-state index contributed by atoms with van der Waals surface area (Å²) in [5, 5.41) is 3.01. The molecule has 1 unspecified atom stereocenters. The molecule has 1 saturated heterocycles. The van der Waals surface area contributed by atoms with Gasteiger partial charge in [0.2, 0.25) is 5.95 Å². The maximum atomic E-state index is 13.8. The van der Waals surface area contributed by atoms with Crippen molar-refractivity contribution >= 4 is 11.9 Å². The fourth-order valence-corrected chi connectivity index (χ4v) is 4.29. The molecule has 1 atom stereocenters. The second-order valence-corrected chi connectivity index (χ2v) is 7.85. The number of aromatic nitrogens is 2. The topological polar surface area (TPSA) is 59.4 Å². The van der Waals surface area contributed by atoms with Gasteiger partial charge in [-0.3, -0.25) is 4.90 Å².